The number of nitrogens with zero attached hydrogens (tertiary/aromatic N) is 5. The van der Waals surface area contributed by atoms with Crippen LogP contribution < -0.4 is 0 Å². The molecule has 4 heterocycles. The van der Waals surface area contributed by atoms with Crippen molar-refractivity contribution in [1.29, 1.82) is 0 Å². The Morgan fingerprint density at radius 3 is 1.85 bits per heavy atom. The van der Waals surface area contributed by atoms with Gasteiger partial charge in [0.2, 0.25) is 0 Å². The first-order valence-electron chi connectivity index (χ1n) is 22.9. The minimum atomic E-state index is -0.112. The fourth-order valence-electron chi connectivity index (χ4n) is 10.6. The zero-order valence-electron chi connectivity index (χ0n) is 37.5. The zero-order chi connectivity index (χ0) is 44.6. The maximum absolute atomic E-state index is 4.83. The molecular formula is C62H43N5Sm-2. The summed E-state index contributed by atoms with van der Waals surface area (Å²) in [6, 6.07) is 78.0. The molecule has 0 spiro atoms. The molecule has 5 nitrogen and oxygen atoms in total. The van der Waals surface area contributed by atoms with Gasteiger partial charge in [-0.25, -0.2) is 0 Å². The second-order valence-electron chi connectivity index (χ2n) is 18.0. The molecule has 0 saturated heterocycles. The third-order valence-electron chi connectivity index (χ3n) is 13.7. The van der Waals surface area contributed by atoms with Gasteiger partial charge in [0.15, 0.2) is 0 Å². The van der Waals surface area contributed by atoms with Crippen LogP contribution >= 0.6 is 0 Å². The second kappa shape index (κ2) is 16.8. The molecule has 9 aromatic carbocycles. The average Bonchev–Trinajstić information content (AvgIpc) is 4.10. The Morgan fingerprint density at radius 2 is 1.07 bits per heavy atom. The predicted octanol–water partition coefficient (Wildman–Crippen LogP) is 15.1. The molecule has 0 unspecified atom stereocenters. The van der Waals surface area contributed by atoms with Gasteiger partial charge in [-0.05, 0) is 89.1 Å². The van der Waals surface area contributed by atoms with Crippen LogP contribution in [0.25, 0.3) is 82.7 Å². The Morgan fingerprint density at radius 1 is 0.471 bits per heavy atom. The van der Waals surface area contributed by atoms with Crippen molar-refractivity contribution in [1.82, 2.24) is 13.7 Å². The molecule has 0 aliphatic carbocycles. The summed E-state index contributed by atoms with van der Waals surface area (Å²) in [5, 5.41) is 6.15. The van der Waals surface area contributed by atoms with Crippen molar-refractivity contribution in [2.75, 3.05) is 0 Å². The quantitative estimate of drug-likeness (QED) is 0.0867. The Bertz CT molecular complexity index is 3970. The number of amidine groups is 1. The van der Waals surface area contributed by atoms with Gasteiger partial charge in [0.25, 0.3) is 0 Å². The summed E-state index contributed by atoms with van der Waals surface area (Å²) < 4.78 is 7.31. The van der Waals surface area contributed by atoms with Crippen molar-refractivity contribution in [2.24, 2.45) is 9.98 Å². The van der Waals surface area contributed by atoms with Crippen molar-refractivity contribution >= 4 is 66.6 Å². The summed E-state index contributed by atoms with van der Waals surface area (Å²) in [6.07, 6.45) is 3.33. The zero-order valence-corrected chi connectivity index (χ0v) is 40.1. The van der Waals surface area contributed by atoms with Gasteiger partial charge >= 0.3 is 0 Å². The van der Waals surface area contributed by atoms with Crippen LogP contribution in [0.3, 0.4) is 0 Å². The van der Waals surface area contributed by atoms with E-state index in [0.29, 0.717) is 5.84 Å². The third-order valence-corrected chi connectivity index (χ3v) is 13.7. The van der Waals surface area contributed by atoms with Crippen molar-refractivity contribution in [3.63, 3.8) is 0 Å². The van der Waals surface area contributed by atoms with E-state index in [1.165, 1.54) is 71.6 Å². The standard InChI is InChI=1S/C62H43N5.Sm/c1-62(2)53-26-13-15-28-58(53)67-57-34-31-49-51-37-45(30-33-56(51)66(46-22-10-5-11-23-46)60(49)52(57)38-59(62)67)44-29-32-55-50(36-44)48-25-12-14-27-54(48)65(55)47-24-16-19-42(35-47)40-64-61(43-20-8-4-9-21-43)63-39-41-17-6-3-7-18-41;/h3-39H,1-2H3;/q-2;. The summed E-state index contributed by atoms with van der Waals surface area (Å²) in [5.41, 5.74) is 17.2. The molecule has 68 heavy (non-hydrogen) atoms. The van der Waals surface area contributed by atoms with Crippen LogP contribution in [0.2, 0.25) is 0 Å². The molecule has 13 rings (SSSR count). The number of hydrogen-bond donors (Lipinski definition) is 0. The molecule has 0 bridgehead atoms. The summed E-state index contributed by atoms with van der Waals surface area (Å²) in [4.78, 5) is 9.63. The first kappa shape index (κ1) is 42.1. The molecule has 12 aromatic rings. The van der Waals surface area contributed by atoms with Gasteiger partial charge in [-0.15, -0.1) is 53.6 Å². The summed E-state index contributed by atoms with van der Waals surface area (Å²) in [5.74, 6) is 0.596. The van der Waals surface area contributed by atoms with E-state index in [-0.39, 0.29) is 45.8 Å². The molecule has 0 saturated carbocycles. The minimum Gasteiger partial charge on any atom is -0.334 e. The molecule has 324 valence electrons. The van der Waals surface area contributed by atoms with Crippen molar-refractivity contribution in [3.05, 3.63) is 253 Å². The van der Waals surface area contributed by atoms with Crippen molar-refractivity contribution in [2.45, 2.75) is 19.3 Å². The molecule has 0 N–H and O–H groups in total. The first-order valence-corrected chi connectivity index (χ1v) is 22.9. The van der Waals surface area contributed by atoms with Gasteiger partial charge < -0.3 is 23.7 Å². The Labute approximate surface area is 427 Å². The maximum Gasteiger partial charge on any atom is 0.0736 e. The SMILES string of the molecule is CC1(C)c2ccccc2-n2c1cc1c2ccc2c3cc(-c4ccc5c(c4)c4ccccc4n5-c4cccc([C-]=NC(=N[CH-]c5ccccc5)c5ccccc5)c4)ccc3n(-c3ccccc3)c21.[Sm]. The molecule has 1 aliphatic heterocycles. The fourth-order valence-corrected chi connectivity index (χ4v) is 10.6. The molecule has 0 radical (unpaired) electrons. The van der Waals surface area contributed by atoms with Crippen molar-refractivity contribution < 1.29 is 40.4 Å². The van der Waals surface area contributed by atoms with Crippen LogP contribution in [0.4, 0.5) is 0 Å². The molecule has 6 heteroatoms. The summed E-state index contributed by atoms with van der Waals surface area (Å²) >= 11 is 0. The molecule has 0 atom stereocenters. The summed E-state index contributed by atoms with van der Waals surface area (Å²) in [6.45, 7) is 6.55. The normalized spacial score (nSPS) is 13.2. The average molecular weight is 1010 g/mol. The van der Waals surface area contributed by atoms with Crippen LogP contribution in [0, 0.1) is 46.9 Å². The molecular weight excluding hydrogens is 965 g/mol. The monoisotopic (exact) mass is 1010 g/mol. The van der Waals surface area contributed by atoms with E-state index < -0.39 is 0 Å². The Balaban J connectivity index is 0.00000480. The van der Waals surface area contributed by atoms with E-state index >= 15 is 0 Å². The van der Waals surface area contributed by atoms with E-state index in [1.807, 2.05) is 73.3 Å². The van der Waals surface area contributed by atoms with E-state index in [2.05, 4.69) is 185 Å². The number of rotatable bonds is 7. The smallest absolute Gasteiger partial charge is 0.0736 e. The van der Waals surface area contributed by atoms with Gasteiger partial charge in [0.05, 0.1) is 33.4 Å². The summed E-state index contributed by atoms with van der Waals surface area (Å²) in [7, 11) is 0. The Kier molecular flexibility index (Phi) is 10.4. The van der Waals surface area contributed by atoms with Gasteiger partial charge in [0.1, 0.15) is 0 Å². The van der Waals surface area contributed by atoms with E-state index in [4.69, 9.17) is 9.98 Å². The molecule has 0 amide bonds. The van der Waals surface area contributed by atoms with Gasteiger partial charge in [0, 0.05) is 95.5 Å². The van der Waals surface area contributed by atoms with Crippen LogP contribution in [0.15, 0.2) is 228 Å². The molecule has 3 aromatic heterocycles. The van der Waals surface area contributed by atoms with Crippen LogP contribution in [-0.4, -0.2) is 25.8 Å². The molecule has 1 aliphatic rings. The van der Waals surface area contributed by atoms with E-state index in [1.54, 1.807) is 0 Å². The van der Waals surface area contributed by atoms with Crippen molar-refractivity contribution in [3.8, 4) is 28.2 Å². The Hall–Kier alpha value is -7.33. The van der Waals surface area contributed by atoms with Crippen LogP contribution in [0.1, 0.15) is 41.8 Å². The maximum atomic E-state index is 4.83. The second-order valence-corrected chi connectivity index (χ2v) is 18.0. The number of para-hydroxylation sites is 3. The van der Waals surface area contributed by atoms with Crippen LogP contribution in [-0.2, 0) is 5.41 Å². The third kappa shape index (κ3) is 6.78. The number of benzene rings is 9. The van der Waals surface area contributed by atoms with Gasteiger partial charge in [-0.3, -0.25) is 0 Å². The fraction of sp³-hybridized carbons (Fsp3) is 0.0484. The van der Waals surface area contributed by atoms with Gasteiger partial charge in [-0.2, -0.15) is 0 Å². The topological polar surface area (TPSA) is 39.5 Å². The number of fused-ring (bicyclic) bond motifs is 12. The predicted molar refractivity (Wildman–Crippen MR) is 279 cm³/mol. The van der Waals surface area contributed by atoms with E-state index in [9.17, 15) is 0 Å². The van der Waals surface area contributed by atoms with E-state index in [0.717, 1.165) is 39.1 Å². The van der Waals surface area contributed by atoms with Gasteiger partial charge in [-0.1, -0.05) is 136 Å². The minimum absolute atomic E-state index is 0. The number of aromatic nitrogens is 3. The molecule has 0 fully saturated rings. The van der Waals surface area contributed by atoms with Crippen LogP contribution in [0.5, 0.6) is 0 Å². The first-order chi connectivity index (χ1) is 33.0. The number of aliphatic imine (C=N–C) groups is 2. The largest absolute Gasteiger partial charge is 0.334 e. The number of hydrogen-bond acceptors (Lipinski definition) is 1.